The van der Waals surface area contributed by atoms with Crippen LogP contribution in [0.3, 0.4) is 0 Å². The Kier molecular flexibility index (Phi) is 9.53. The predicted octanol–water partition coefficient (Wildman–Crippen LogP) is 1.23. The third-order valence-corrected chi connectivity index (χ3v) is 5.66. The summed E-state index contributed by atoms with van der Waals surface area (Å²) in [5, 5.41) is 17.0. The molecule has 1 aliphatic heterocycles. The zero-order chi connectivity index (χ0) is 19.9. The Morgan fingerprint density at radius 3 is 2.71 bits per heavy atom. The van der Waals surface area contributed by atoms with Gasteiger partial charge in [0.15, 0.2) is 5.96 Å². The van der Waals surface area contributed by atoms with Crippen LogP contribution >= 0.6 is 24.0 Å². The fraction of sp³-hybridized carbons (Fsp3) is 0.562. The van der Waals surface area contributed by atoms with E-state index in [-0.39, 0.29) is 46.7 Å². The molecule has 12 heteroatoms. The first-order chi connectivity index (χ1) is 12.8. The highest BCUT2D eigenvalue weighted by molar-refractivity contribution is 14.0. The van der Waals surface area contributed by atoms with Crippen molar-refractivity contribution in [1.82, 2.24) is 15.4 Å². The Balaban J connectivity index is 0.00000392. The van der Waals surface area contributed by atoms with E-state index in [4.69, 9.17) is 4.74 Å². The number of benzene rings is 1. The standard InChI is InChI=1S/C16H25N5O5S.HI/c1-16(7-4-10-26-16)12-19-15(17-2)18-8-9-20-27(24,25)14-6-3-5-13(11-14)21(22)23;/h3,5-6,11,20H,4,7-10,12H2,1-2H3,(H2,17,18,19);1H. The molecule has 2 rings (SSSR count). The van der Waals surface area contributed by atoms with Crippen LogP contribution in [0.25, 0.3) is 0 Å². The molecule has 0 spiro atoms. The molecule has 1 unspecified atom stereocenters. The maximum absolute atomic E-state index is 12.2. The molecule has 3 N–H and O–H groups in total. The van der Waals surface area contributed by atoms with Crippen molar-refractivity contribution < 1.29 is 18.1 Å². The number of halogens is 1. The summed E-state index contributed by atoms with van der Waals surface area (Å²) in [6.07, 6.45) is 2.00. The van der Waals surface area contributed by atoms with Crippen LogP contribution in [0.5, 0.6) is 0 Å². The average molecular weight is 527 g/mol. The quantitative estimate of drug-likeness (QED) is 0.116. The number of ether oxygens (including phenoxy) is 1. The molecule has 1 fully saturated rings. The summed E-state index contributed by atoms with van der Waals surface area (Å²) in [4.78, 5) is 14.1. The van der Waals surface area contributed by atoms with Crippen molar-refractivity contribution in [2.45, 2.75) is 30.3 Å². The molecular weight excluding hydrogens is 501 g/mol. The van der Waals surface area contributed by atoms with E-state index in [1.807, 2.05) is 6.92 Å². The molecule has 0 bridgehead atoms. The van der Waals surface area contributed by atoms with Crippen LogP contribution in [-0.2, 0) is 14.8 Å². The highest BCUT2D eigenvalue weighted by atomic mass is 127. The summed E-state index contributed by atoms with van der Waals surface area (Å²) in [6.45, 7) is 3.79. The third kappa shape index (κ3) is 7.14. The highest BCUT2D eigenvalue weighted by Crippen LogP contribution is 2.23. The largest absolute Gasteiger partial charge is 0.373 e. The zero-order valence-corrected chi connectivity index (χ0v) is 19.0. The van der Waals surface area contributed by atoms with Crippen molar-refractivity contribution in [2.75, 3.05) is 33.3 Å². The smallest absolute Gasteiger partial charge is 0.270 e. The van der Waals surface area contributed by atoms with Gasteiger partial charge in [-0.25, -0.2) is 13.1 Å². The first kappa shape index (κ1) is 24.5. The normalized spacial score (nSPS) is 19.7. The van der Waals surface area contributed by atoms with Gasteiger partial charge in [0.1, 0.15) is 0 Å². The van der Waals surface area contributed by atoms with Crippen LogP contribution in [0.4, 0.5) is 5.69 Å². The van der Waals surface area contributed by atoms with E-state index < -0.39 is 14.9 Å². The Labute approximate surface area is 181 Å². The van der Waals surface area contributed by atoms with Crippen LogP contribution in [0, 0.1) is 10.1 Å². The number of nitrogens with one attached hydrogen (secondary N) is 3. The number of sulfonamides is 1. The monoisotopic (exact) mass is 527 g/mol. The topological polar surface area (TPSA) is 135 Å². The fourth-order valence-corrected chi connectivity index (χ4v) is 3.75. The molecule has 1 atom stereocenters. The molecule has 10 nitrogen and oxygen atoms in total. The summed E-state index contributed by atoms with van der Waals surface area (Å²) in [6, 6.07) is 4.91. The number of guanidine groups is 1. The van der Waals surface area contributed by atoms with Crippen molar-refractivity contribution in [3.63, 3.8) is 0 Å². The van der Waals surface area contributed by atoms with Crippen LogP contribution in [0.1, 0.15) is 19.8 Å². The molecule has 1 aliphatic rings. The Hall–Kier alpha value is -1.51. The maximum atomic E-state index is 12.2. The Morgan fingerprint density at radius 2 is 2.11 bits per heavy atom. The second-order valence-corrected chi connectivity index (χ2v) is 8.17. The summed E-state index contributed by atoms with van der Waals surface area (Å²) in [5.41, 5.74) is -0.496. The molecule has 0 aromatic heterocycles. The van der Waals surface area contributed by atoms with Gasteiger partial charge in [-0.15, -0.1) is 24.0 Å². The first-order valence-electron chi connectivity index (χ1n) is 8.58. The van der Waals surface area contributed by atoms with Crippen LogP contribution in [-0.4, -0.2) is 58.2 Å². The lowest BCUT2D eigenvalue weighted by atomic mass is 10.0. The molecule has 1 aromatic rings. The van der Waals surface area contributed by atoms with Crippen molar-refractivity contribution in [3.8, 4) is 0 Å². The fourth-order valence-electron chi connectivity index (χ4n) is 2.68. The van der Waals surface area contributed by atoms with Gasteiger partial charge in [0.05, 0.1) is 15.4 Å². The molecule has 0 saturated carbocycles. The van der Waals surface area contributed by atoms with Gasteiger partial charge in [-0.2, -0.15) is 0 Å². The number of nitrogens with zero attached hydrogens (tertiary/aromatic N) is 2. The molecule has 158 valence electrons. The number of nitro benzene ring substituents is 1. The molecule has 1 heterocycles. The van der Waals surface area contributed by atoms with Crippen molar-refractivity contribution >= 4 is 45.6 Å². The minimum atomic E-state index is -3.83. The molecule has 1 aromatic carbocycles. The van der Waals surface area contributed by atoms with Gasteiger partial charge in [-0.3, -0.25) is 15.1 Å². The summed E-state index contributed by atoms with van der Waals surface area (Å²) < 4.78 is 32.6. The average Bonchev–Trinajstić information content (AvgIpc) is 3.08. The van der Waals surface area contributed by atoms with Crippen LogP contribution in [0.2, 0.25) is 0 Å². The van der Waals surface area contributed by atoms with Gasteiger partial charge in [0.2, 0.25) is 10.0 Å². The zero-order valence-electron chi connectivity index (χ0n) is 15.8. The van der Waals surface area contributed by atoms with Gasteiger partial charge < -0.3 is 15.4 Å². The minimum absolute atomic E-state index is 0. The van der Waals surface area contributed by atoms with Gasteiger partial charge in [0.25, 0.3) is 5.69 Å². The second kappa shape index (κ2) is 10.9. The van der Waals surface area contributed by atoms with Gasteiger partial charge >= 0.3 is 0 Å². The minimum Gasteiger partial charge on any atom is -0.373 e. The van der Waals surface area contributed by atoms with Crippen molar-refractivity contribution in [3.05, 3.63) is 34.4 Å². The molecular formula is C16H26IN5O5S. The Morgan fingerprint density at radius 1 is 1.36 bits per heavy atom. The van der Waals surface area contributed by atoms with Gasteiger partial charge in [-0.05, 0) is 25.8 Å². The van der Waals surface area contributed by atoms with E-state index in [9.17, 15) is 18.5 Å². The van der Waals surface area contributed by atoms with E-state index in [0.717, 1.165) is 25.5 Å². The van der Waals surface area contributed by atoms with Gasteiger partial charge in [0, 0.05) is 45.4 Å². The molecule has 0 aliphatic carbocycles. The second-order valence-electron chi connectivity index (χ2n) is 6.41. The first-order valence-corrected chi connectivity index (χ1v) is 10.1. The lowest BCUT2D eigenvalue weighted by Crippen LogP contribution is -2.47. The number of hydrogen-bond acceptors (Lipinski definition) is 6. The summed E-state index contributed by atoms with van der Waals surface area (Å²) in [5.74, 6) is 0.543. The maximum Gasteiger partial charge on any atom is 0.270 e. The number of nitro groups is 1. The van der Waals surface area contributed by atoms with Crippen molar-refractivity contribution in [1.29, 1.82) is 0 Å². The predicted molar refractivity (Wildman–Crippen MR) is 117 cm³/mol. The molecule has 28 heavy (non-hydrogen) atoms. The van der Waals surface area contributed by atoms with Crippen LogP contribution in [0.15, 0.2) is 34.2 Å². The number of hydrogen-bond donors (Lipinski definition) is 3. The molecule has 0 amide bonds. The van der Waals surface area contributed by atoms with Gasteiger partial charge in [-0.1, -0.05) is 6.07 Å². The number of aliphatic imine (C=N–C) groups is 1. The number of non-ortho nitro benzene ring substituents is 1. The van der Waals surface area contributed by atoms with Crippen molar-refractivity contribution in [2.24, 2.45) is 4.99 Å². The van der Waals surface area contributed by atoms with E-state index in [1.54, 1.807) is 7.05 Å². The third-order valence-electron chi connectivity index (χ3n) is 4.20. The summed E-state index contributed by atoms with van der Waals surface area (Å²) >= 11 is 0. The van der Waals surface area contributed by atoms with E-state index in [1.165, 1.54) is 18.2 Å². The number of rotatable bonds is 8. The lowest BCUT2D eigenvalue weighted by molar-refractivity contribution is -0.385. The lowest BCUT2D eigenvalue weighted by Gasteiger charge is -2.24. The highest BCUT2D eigenvalue weighted by Gasteiger charge is 2.29. The molecule has 1 saturated heterocycles. The van der Waals surface area contributed by atoms with Crippen LogP contribution < -0.4 is 15.4 Å². The van der Waals surface area contributed by atoms with E-state index in [0.29, 0.717) is 19.0 Å². The molecule has 0 radical (unpaired) electrons. The summed E-state index contributed by atoms with van der Waals surface area (Å²) in [7, 11) is -2.21. The SMILES string of the molecule is CN=C(NCCNS(=O)(=O)c1cccc([N+](=O)[O-])c1)NCC1(C)CCCO1.I. The van der Waals surface area contributed by atoms with E-state index >= 15 is 0 Å². The Bertz CT molecular complexity index is 796. The van der Waals surface area contributed by atoms with E-state index in [2.05, 4.69) is 20.3 Å².